The van der Waals surface area contributed by atoms with E-state index in [1.54, 1.807) is 19.2 Å². The number of aliphatic hydroxyl groups excluding tert-OH is 1. The van der Waals surface area contributed by atoms with Crippen molar-refractivity contribution in [1.29, 1.82) is 0 Å². The molecular formula is C13H22N2O3. The Morgan fingerprint density at radius 3 is 2.78 bits per heavy atom. The highest BCUT2D eigenvalue weighted by Gasteiger charge is 2.08. The predicted octanol–water partition coefficient (Wildman–Crippen LogP) is 1.48. The first-order valence-electron chi connectivity index (χ1n) is 6.09. The van der Waals surface area contributed by atoms with E-state index in [4.69, 9.17) is 15.2 Å². The van der Waals surface area contributed by atoms with Gasteiger partial charge in [0.2, 0.25) is 0 Å². The fraction of sp³-hybridized carbons (Fsp3) is 0.538. The first kappa shape index (κ1) is 14.6. The molecule has 0 fully saturated rings. The molecule has 5 heteroatoms. The molecule has 102 valence electrons. The van der Waals surface area contributed by atoms with Gasteiger partial charge < -0.3 is 25.6 Å². The molecule has 0 heterocycles. The molecule has 0 aromatic heterocycles. The maximum atomic E-state index is 9.19. The van der Waals surface area contributed by atoms with Crippen LogP contribution in [0.15, 0.2) is 18.2 Å². The molecule has 0 spiro atoms. The maximum absolute atomic E-state index is 9.19. The van der Waals surface area contributed by atoms with Crippen LogP contribution in [0.4, 0.5) is 11.4 Å². The van der Waals surface area contributed by atoms with Crippen LogP contribution in [-0.4, -0.2) is 38.1 Å². The van der Waals surface area contributed by atoms with Crippen molar-refractivity contribution < 1.29 is 14.6 Å². The molecule has 0 aliphatic rings. The Bertz CT molecular complexity index is 358. The van der Waals surface area contributed by atoms with E-state index in [1.165, 1.54) is 0 Å². The second kappa shape index (κ2) is 7.79. The van der Waals surface area contributed by atoms with Crippen LogP contribution in [0.25, 0.3) is 0 Å². The highest BCUT2D eigenvalue weighted by atomic mass is 16.5. The topological polar surface area (TPSA) is 76.7 Å². The van der Waals surface area contributed by atoms with Crippen LogP contribution in [-0.2, 0) is 4.74 Å². The molecule has 0 bridgehead atoms. The van der Waals surface area contributed by atoms with Crippen LogP contribution < -0.4 is 15.8 Å². The normalized spacial score (nSPS) is 12.2. The fourth-order valence-electron chi connectivity index (χ4n) is 1.59. The zero-order valence-electron chi connectivity index (χ0n) is 11.0. The van der Waals surface area contributed by atoms with Crippen molar-refractivity contribution in [2.75, 3.05) is 38.0 Å². The zero-order chi connectivity index (χ0) is 13.4. The number of nitrogens with two attached hydrogens (primary N) is 1. The number of nitrogen functional groups attached to an aromatic ring is 1. The second-order valence-corrected chi connectivity index (χ2v) is 4.12. The summed E-state index contributed by atoms with van der Waals surface area (Å²) < 4.78 is 10.5. The average molecular weight is 254 g/mol. The molecule has 1 aromatic rings. The molecule has 0 aliphatic heterocycles. The van der Waals surface area contributed by atoms with Gasteiger partial charge >= 0.3 is 0 Å². The summed E-state index contributed by atoms with van der Waals surface area (Å²) in [4.78, 5) is 0. The molecule has 5 nitrogen and oxygen atoms in total. The molecule has 0 saturated heterocycles. The summed E-state index contributed by atoms with van der Waals surface area (Å²) in [6.07, 6.45) is 0.945. The number of aliphatic hydroxyl groups is 1. The molecule has 4 N–H and O–H groups in total. The van der Waals surface area contributed by atoms with Gasteiger partial charge in [-0.1, -0.05) is 6.92 Å². The Morgan fingerprint density at radius 2 is 2.17 bits per heavy atom. The number of nitrogens with one attached hydrogen (secondary N) is 1. The summed E-state index contributed by atoms with van der Waals surface area (Å²) in [7, 11) is 1.60. The molecule has 0 amide bonds. The van der Waals surface area contributed by atoms with Gasteiger partial charge in [0.05, 0.1) is 25.9 Å². The fourth-order valence-corrected chi connectivity index (χ4v) is 1.59. The Hall–Kier alpha value is -1.46. The molecule has 1 atom stereocenters. The highest BCUT2D eigenvalue weighted by molar-refractivity contribution is 5.59. The lowest BCUT2D eigenvalue weighted by molar-refractivity contribution is 0.153. The molecule has 18 heavy (non-hydrogen) atoms. The third kappa shape index (κ3) is 4.81. The van der Waals surface area contributed by atoms with Gasteiger partial charge in [-0.15, -0.1) is 0 Å². The third-order valence-corrected chi connectivity index (χ3v) is 2.36. The van der Waals surface area contributed by atoms with Crippen LogP contribution in [0.1, 0.15) is 13.3 Å². The number of hydrogen-bond acceptors (Lipinski definition) is 5. The van der Waals surface area contributed by atoms with E-state index in [1.807, 2.05) is 13.0 Å². The minimum atomic E-state index is -0.157. The smallest absolute Gasteiger partial charge is 0.123 e. The Balaban J connectivity index is 2.71. The lowest BCUT2D eigenvalue weighted by Crippen LogP contribution is -2.28. The van der Waals surface area contributed by atoms with E-state index in [0.717, 1.165) is 17.9 Å². The Morgan fingerprint density at radius 1 is 1.39 bits per heavy atom. The van der Waals surface area contributed by atoms with E-state index in [9.17, 15) is 5.11 Å². The van der Waals surface area contributed by atoms with Gasteiger partial charge in [-0.25, -0.2) is 0 Å². The molecular weight excluding hydrogens is 232 g/mol. The van der Waals surface area contributed by atoms with E-state index >= 15 is 0 Å². The number of methoxy groups -OCH3 is 1. The van der Waals surface area contributed by atoms with Gasteiger partial charge in [0.1, 0.15) is 5.75 Å². The van der Waals surface area contributed by atoms with E-state index in [-0.39, 0.29) is 12.6 Å². The summed E-state index contributed by atoms with van der Waals surface area (Å²) in [5, 5.41) is 12.3. The first-order valence-corrected chi connectivity index (χ1v) is 6.09. The molecule has 1 aromatic carbocycles. The summed E-state index contributed by atoms with van der Waals surface area (Å²) in [5.41, 5.74) is 7.25. The number of hydrogen-bond donors (Lipinski definition) is 3. The van der Waals surface area contributed by atoms with Gasteiger partial charge in [0.25, 0.3) is 0 Å². The van der Waals surface area contributed by atoms with Crippen LogP contribution in [0.3, 0.4) is 0 Å². The number of ether oxygens (including phenoxy) is 2. The molecule has 1 unspecified atom stereocenters. The van der Waals surface area contributed by atoms with Crippen LogP contribution in [0.5, 0.6) is 5.75 Å². The van der Waals surface area contributed by atoms with Gasteiger partial charge in [0, 0.05) is 30.6 Å². The predicted molar refractivity (Wildman–Crippen MR) is 73.0 cm³/mol. The van der Waals surface area contributed by atoms with Crippen molar-refractivity contribution in [3.8, 4) is 5.75 Å². The minimum Gasteiger partial charge on any atom is -0.493 e. The highest BCUT2D eigenvalue weighted by Crippen LogP contribution is 2.23. The van der Waals surface area contributed by atoms with E-state index < -0.39 is 0 Å². The molecule has 0 radical (unpaired) electrons. The molecule has 1 rings (SSSR count). The summed E-state index contributed by atoms with van der Waals surface area (Å²) in [6, 6.07) is 5.29. The van der Waals surface area contributed by atoms with Gasteiger partial charge in [-0.2, -0.15) is 0 Å². The SMILES string of the molecule is CCCOc1cc(N)cc(NC(CO)COC)c1. The standard InChI is InChI=1S/C13H22N2O3/c1-3-4-18-13-6-10(14)5-11(7-13)15-12(8-16)9-17-2/h5-7,12,15-16H,3-4,8-9,14H2,1-2H3. The minimum absolute atomic E-state index is 0.00616. The lowest BCUT2D eigenvalue weighted by Gasteiger charge is -2.17. The van der Waals surface area contributed by atoms with Crippen molar-refractivity contribution in [2.24, 2.45) is 0 Å². The Kier molecular flexibility index (Phi) is 6.32. The van der Waals surface area contributed by atoms with Gasteiger partial charge in [-0.3, -0.25) is 0 Å². The summed E-state index contributed by atoms with van der Waals surface area (Å²) in [6.45, 7) is 3.13. The van der Waals surface area contributed by atoms with Crippen molar-refractivity contribution in [1.82, 2.24) is 0 Å². The van der Waals surface area contributed by atoms with Crippen LogP contribution in [0.2, 0.25) is 0 Å². The van der Waals surface area contributed by atoms with Crippen molar-refractivity contribution in [2.45, 2.75) is 19.4 Å². The molecule has 0 aliphatic carbocycles. The lowest BCUT2D eigenvalue weighted by atomic mass is 10.2. The van der Waals surface area contributed by atoms with Gasteiger partial charge in [-0.05, 0) is 12.5 Å². The monoisotopic (exact) mass is 254 g/mol. The zero-order valence-corrected chi connectivity index (χ0v) is 11.0. The van der Waals surface area contributed by atoms with E-state index in [2.05, 4.69) is 5.32 Å². The molecule has 0 saturated carbocycles. The van der Waals surface area contributed by atoms with Gasteiger partial charge in [0.15, 0.2) is 0 Å². The van der Waals surface area contributed by atoms with Crippen LogP contribution in [0, 0.1) is 0 Å². The van der Waals surface area contributed by atoms with Crippen LogP contribution >= 0.6 is 0 Å². The number of benzene rings is 1. The first-order chi connectivity index (χ1) is 8.69. The van der Waals surface area contributed by atoms with Crippen molar-refractivity contribution in [3.05, 3.63) is 18.2 Å². The largest absolute Gasteiger partial charge is 0.493 e. The third-order valence-electron chi connectivity index (χ3n) is 2.36. The van der Waals surface area contributed by atoms with Crippen molar-refractivity contribution >= 4 is 11.4 Å². The van der Waals surface area contributed by atoms with E-state index in [0.29, 0.717) is 18.9 Å². The summed E-state index contributed by atoms with van der Waals surface area (Å²) in [5.74, 6) is 0.730. The number of anilines is 2. The Labute approximate surface area is 108 Å². The van der Waals surface area contributed by atoms with Crippen molar-refractivity contribution in [3.63, 3.8) is 0 Å². The summed E-state index contributed by atoms with van der Waals surface area (Å²) >= 11 is 0. The number of rotatable bonds is 8. The average Bonchev–Trinajstić information content (AvgIpc) is 2.35. The second-order valence-electron chi connectivity index (χ2n) is 4.12. The maximum Gasteiger partial charge on any atom is 0.123 e. The quantitative estimate of drug-likeness (QED) is 0.612.